The standard InChI is InChI=1S/C66H129NO13/c1-3-5-7-9-11-13-15-17-19-21-22-23-24-25-26-27-28-29-30-31-32-34-35-37-39-41-43-45-47-49-55(70)54(67-58(71)50-48-46-44-42-40-38-36-33-20-18-16-14-12-10-8-6-4-2)53-77-65-63(76)61(74)64(57(52-69)79-65)80-66-62(75)60(73)59(72)56(51-68)78-66/h54-57,59-66,68-70,72-76H,3-53H2,1-2H3,(H,67,71). The van der Waals surface area contributed by atoms with Gasteiger partial charge in [-0.2, -0.15) is 0 Å². The molecule has 0 aromatic heterocycles. The Labute approximate surface area is 489 Å². The van der Waals surface area contributed by atoms with Gasteiger partial charge in [-0.05, 0) is 12.8 Å². The summed E-state index contributed by atoms with van der Waals surface area (Å²) in [5.74, 6) is -0.199. The maximum Gasteiger partial charge on any atom is 0.220 e. The van der Waals surface area contributed by atoms with Gasteiger partial charge in [-0.1, -0.05) is 303 Å². The van der Waals surface area contributed by atoms with Crippen molar-refractivity contribution in [2.75, 3.05) is 19.8 Å². The molecule has 2 fully saturated rings. The fraction of sp³-hybridized carbons (Fsp3) is 0.985. The quantitative estimate of drug-likeness (QED) is 0.0259. The fourth-order valence-corrected chi connectivity index (χ4v) is 11.8. The van der Waals surface area contributed by atoms with Gasteiger partial charge >= 0.3 is 0 Å². The van der Waals surface area contributed by atoms with E-state index in [1.807, 2.05) is 0 Å². The van der Waals surface area contributed by atoms with Crippen molar-refractivity contribution in [1.82, 2.24) is 5.32 Å². The number of unbranched alkanes of at least 4 members (excludes halogenated alkanes) is 44. The summed E-state index contributed by atoms with van der Waals surface area (Å²) in [6.07, 6.45) is 44.1. The number of aliphatic hydroxyl groups excluding tert-OH is 8. The second kappa shape index (κ2) is 52.3. The molecule has 0 aromatic carbocycles. The van der Waals surface area contributed by atoms with Crippen LogP contribution in [0, 0.1) is 0 Å². The highest BCUT2D eigenvalue weighted by molar-refractivity contribution is 5.76. The van der Waals surface area contributed by atoms with Crippen LogP contribution in [0.15, 0.2) is 0 Å². The molecule has 0 radical (unpaired) electrons. The van der Waals surface area contributed by atoms with Crippen molar-refractivity contribution < 1.29 is 64.6 Å². The lowest BCUT2D eigenvalue weighted by molar-refractivity contribution is -0.359. The first-order valence-electron chi connectivity index (χ1n) is 34.3. The zero-order valence-electron chi connectivity index (χ0n) is 51.6. The monoisotopic (exact) mass is 1140 g/mol. The van der Waals surface area contributed by atoms with E-state index in [1.54, 1.807) is 0 Å². The molecule has 2 aliphatic heterocycles. The van der Waals surface area contributed by atoms with E-state index in [0.29, 0.717) is 12.8 Å². The van der Waals surface area contributed by atoms with Crippen LogP contribution in [0.25, 0.3) is 0 Å². The van der Waals surface area contributed by atoms with Crippen LogP contribution in [0.5, 0.6) is 0 Å². The highest BCUT2D eigenvalue weighted by atomic mass is 16.7. The summed E-state index contributed by atoms with van der Waals surface area (Å²) in [5.41, 5.74) is 0. The molecule has 2 heterocycles. The summed E-state index contributed by atoms with van der Waals surface area (Å²) >= 11 is 0. The van der Waals surface area contributed by atoms with Gasteiger partial charge in [0.05, 0.1) is 32.0 Å². The lowest BCUT2D eigenvalue weighted by atomic mass is 9.97. The number of carbonyl (C=O) groups excluding carboxylic acids is 1. The van der Waals surface area contributed by atoms with Crippen molar-refractivity contribution in [3.05, 3.63) is 0 Å². The molecule has 0 spiro atoms. The van der Waals surface area contributed by atoms with E-state index in [9.17, 15) is 45.6 Å². The molecule has 80 heavy (non-hydrogen) atoms. The van der Waals surface area contributed by atoms with Gasteiger partial charge in [0.25, 0.3) is 0 Å². The van der Waals surface area contributed by atoms with Crippen molar-refractivity contribution in [3.8, 4) is 0 Å². The smallest absolute Gasteiger partial charge is 0.220 e. The minimum atomic E-state index is -1.78. The zero-order chi connectivity index (χ0) is 58.1. The fourth-order valence-electron chi connectivity index (χ4n) is 11.8. The van der Waals surface area contributed by atoms with Gasteiger partial charge in [-0.25, -0.2) is 0 Å². The molecule has 2 aliphatic rings. The van der Waals surface area contributed by atoms with Gasteiger partial charge in [0.2, 0.25) is 5.91 Å². The van der Waals surface area contributed by atoms with Gasteiger partial charge in [0.15, 0.2) is 12.6 Å². The molecule has 14 nitrogen and oxygen atoms in total. The minimum absolute atomic E-state index is 0.199. The van der Waals surface area contributed by atoms with Crippen LogP contribution in [-0.2, 0) is 23.7 Å². The molecular weight excluding hydrogens is 1010 g/mol. The second-order valence-corrected chi connectivity index (χ2v) is 24.7. The van der Waals surface area contributed by atoms with Crippen molar-refractivity contribution >= 4 is 5.91 Å². The minimum Gasteiger partial charge on any atom is -0.394 e. The lowest BCUT2D eigenvalue weighted by Crippen LogP contribution is -2.65. The molecule has 9 N–H and O–H groups in total. The molecule has 0 aliphatic carbocycles. The number of rotatable bonds is 57. The van der Waals surface area contributed by atoms with Crippen LogP contribution in [-0.4, -0.2) is 140 Å². The number of hydrogen-bond donors (Lipinski definition) is 9. The Morgan fingerprint density at radius 3 is 1.06 bits per heavy atom. The molecule has 12 unspecified atom stereocenters. The van der Waals surface area contributed by atoms with Gasteiger partial charge < -0.3 is 65.1 Å². The van der Waals surface area contributed by atoms with Gasteiger partial charge in [0.1, 0.15) is 48.8 Å². The Morgan fingerprint density at radius 1 is 0.400 bits per heavy atom. The van der Waals surface area contributed by atoms with Gasteiger partial charge in [-0.3, -0.25) is 4.79 Å². The number of ether oxygens (including phenoxy) is 4. The lowest BCUT2D eigenvalue weighted by Gasteiger charge is -2.46. The SMILES string of the molecule is CCCCCCCCCCCCCCCCCCCCCCCCCCCCCCCC(O)C(COC1OC(CO)C(OC2OC(CO)C(O)C(O)C2O)C(O)C1O)NC(=O)CCCCCCCCCCCCCCCCCCC. The van der Waals surface area contributed by atoms with Gasteiger partial charge in [-0.15, -0.1) is 0 Å². The number of carbonyl (C=O) groups is 1. The molecular formula is C66H129NO13. The zero-order valence-corrected chi connectivity index (χ0v) is 51.6. The summed E-state index contributed by atoms with van der Waals surface area (Å²) < 4.78 is 22.9. The van der Waals surface area contributed by atoms with E-state index >= 15 is 0 Å². The maximum absolute atomic E-state index is 13.3. The third-order valence-electron chi connectivity index (χ3n) is 17.3. The molecule has 2 saturated heterocycles. The molecule has 0 saturated carbocycles. The summed E-state index contributed by atoms with van der Waals surface area (Å²) in [6, 6.07) is -0.823. The number of nitrogens with one attached hydrogen (secondary N) is 1. The third kappa shape index (κ3) is 36.7. The largest absolute Gasteiger partial charge is 0.394 e. The third-order valence-corrected chi connectivity index (χ3v) is 17.3. The molecule has 12 atom stereocenters. The average molecular weight is 1140 g/mol. The molecule has 2 rings (SSSR count). The molecule has 14 heteroatoms. The molecule has 476 valence electrons. The summed E-state index contributed by atoms with van der Waals surface area (Å²) in [4.78, 5) is 13.3. The molecule has 0 bridgehead atoms. The van der Waals surface area contributed by atoms with Crippen LogP contribution in [0.3, 0.4) is 0 Å². The van der Waals surface area contributed by atoms with Crippen molar-refractivity contribution in [1.29, 1.82) is 0 Å². The highest BCUT2D eigenvalue weighted by Gasteiger charge is 2.51. The average Bonchev–Trinajstić information content (AvgIpc) is 3.49. The van der Waals surface area contributed by atoms with Crippen LogP contribution < -0.4 is 5.32 Å². The van der Waals surface area contributed by atoms with Gasteiger partial charge in [0, 0.05) is 6.42 Å². The number of hydrogen-bond acceptors (Lipinski definition) is 13. The highest BCUT2D eigenvalue weighted by Crippen LogP contribution is 2.30. The maximum atomic E-state index is 13.3. The van der Waals surface area contributed by atoms with E-state index in [1.165, 1.54) is 244 Å². The van der Waals surface area contributed by atoms with E-state index in [4.69, 9.17) is 18.9 Å². The van der Waals surface area contributed by atoms with E-state index in [0.717, 1.165) is 51.4 Å². The van der Waals surface area contributed by atoms with E-state index in [-0.39, 0.29) is 12.5 Å². The first kappa shape index (κ1) is 75.1. The van der Waals surface area contributed by atoms with Crippen molar-refractivity contribution in [2.24, 2.45) is 0 Å². The van der Waals surface area contributed by atoms with E-state index in [2.05, 4.69) is 19.2 Å². The van der Waals surface area contributed by atoms with E-state index < -0.39 is 86.8 Å². The first-order valence-corrected chi connectivity index (χ1v) is 34.3. The Kier molecular flexibility index (Phi) is 49.1. The Balaban J connectivity index is 1.65. The summed E-state index contributed by atoms with van der Waals surface area (Å²) in [6.45, 7) is 2.92. The van der Waals surface area contributed by atoms with Crippen molar-refractivity contribution in [2.45, 2.75) is 396 Å². The summed E-state index contributed by atoms with van der Waals surface area (Å²) in [5, 5.41) is 87.5. The van der Waals surface area contributed by atoms with Crippen molar-refractivity contribution in [3.63, 3.8) is 0 Å². The molecule has 0 aromatic rings. The Morgan fingerprint density at radius 2 is 0.713 bits per heavy atom. The van der Waals surface area contributed by atoms with Crippen LogP contribution in [0.2, 0.25) is 0 Å². The number of aliphatic hydroxyl groups is 8. The predicted octanol–water partition coefficient (Wildman–Crippen LogP) is 13.2. The second-order valence-electron chi connectivity index (χ2n) is 24.7. The number of amides is 1. The predicted molar refractivity (Wildman–Crippen MR) is 323 cm³/mol. The summed E-state index contributed by atoms with van der Waals surface area (Å²) in [7, 11) is 0. The molecule has 1 amide bonds. The normalized spacial score (nSPS) is 24.1. The first-order chi connectivity index (χ1) is 39.1. The Hall–Kier alpha value is -1.01. The van der Waals surface area contributed by atoms with Crippen LogP contribution >= 0.6 is 0 Å². The Bertz CT molecular complexity index is 1350. The van der Waals surface area contributed by atoms with Crippen LogP contribution in [0.4, 0.5) is 0 Å². The van der Waals surface area contributed by atoms with Crippen LogP contribution in [0.1, 0.15) is 322 Å². The topological polar surface area (TPSA) is 228 Å².